The van der Waals surface area contributed by atoms with Gasteiger partial charge in [0.1, 0.15) is 0 Å². The average Bonchev–Trinajstić information content (AvgIpc) is 3.08. The van der Waals surface area contributed by atoms with Gasteiger partial charge in [0.15, 0.2) is 16.8 Å². The molecule has 3 heterocycles. The van der Waals surface area contributed by atoms with E-state index in [0.29, 0.717) is 27.9 Å². The van der Waals surface area contributed by atoms with Crippen LogP contribution in [0.1, 0.15) is 23.7 Å². The molecule has 6 nitrogen and oxygen atoms in total. The number of hydrogen-bond donors (Lipinski definition) is 0. The molecule has 2 aromatic heterocycles. The number of anilines is 2. The van der Waals surface area contributed by atoms with Gasteiger partial charge in [-0.2, -0.15) is 18.3 Å². The van der Waals surface area contributed by atoms with Gasteiger partial charge in [0.2, 0.25) is 0 Å². The molecule has 1 atom stereocenters. The van der Waals surface area contributed by atoms with Crippen LogP contribution in [0.3, 0.4) is 0 Å². The first-order chi connectivity index (χ1) is 14.2. The smallest absolute Gasteiger partial charge is 0.339 e. The van der Waals surface area contributed by atoms with Crippen molar-refractivity contribution in [2.24, 2.45) is 0 Å². The van der Waals surface area contributed by atoms with Crippen molar-refractivity contribution in [3.8, 4) is 0 Å². The van der Waals surface area contributed by atoms with Crippen LogP contribution in [0.15, 0.2) is 36.5 Å². The van der Waals surface area contributed by atoms with Gasteiger partial charge >= 0.3 is 11.5 Å². The first-order valence-electron chi connectivity index (χ1n) is 9.06. The second-order valence-electron chi connectivity index (χ2n) is 6.98. The fourth-order valence-electron chi connectivity index (χ4n) is 3.77. The van der Waals surface area contributed by atoms with Gasteiger partial charge in [-0.1, -0.05) is 23.7 Å². The highest BCUT2D eigenvalue weighted by atomic mass is 35.5. The Balaban J connectivity index is 1.70. The Morgan fingerprint density at radius 3 is 2.60 bits per heavy atom. The van der Waals surface area contributed by atoms with Crippen molar-refractivity contribution in [3.63, 3.8) is 0 Å². The molecule has 0 saturated carbocycles. The number of amides is 1. The van der Waals surface area contributed by atoms with Gasteiger partial charge in [-0.15, -0.1) is 0 Å². The Labute approximate surface area is 179 Å². The number of alkyl halides is 3. The molecule has 1 aromatic carbocycles. The summed E-state index contributed by atoms with van der Waals surface area (Å²) in [5.74, 6) is 0. The standard InChI is InChI=1S/C19H16Cl2F3N5O/c1-27(18(21)30)17(19(22,23)24)11-4-6-12(7-5-11)28-8-2-3-13-14(28)10-25-16-9-15(20)26-29(13)16/h4-7,9-10,17H,2-3,8H2,1H3/t17-/m0/s1. The van der Waals surface area contributed by atoms with E-state index in [4.69, 9.17) is 23.2 Å². The third-order valence-corrected chi connectivity index (χ3v) is 5.56. The van der Waals surface area contributed by atoms with E-state index >= 15 is 0 Å². The van der Waals surface area contributed by atoms with Crippen molar-refractivity contribution in [1.29, 1.82) is 0 Å². The van der Waals surface area contributed by atoms with Gasteiger partial charge in [0, 0.05) is 25.3 Å². The third-order valence-electron chi connectivity index (χ3n) is 5.11. The van der Waals surface area contributed by atoms with Crippen LogP contribution in [0.2, 0.25) is 5.15 Å². The SMILES string of the molecule is CN(C(=O)Cl)[C@@H](c1ccc(N2CCCc3c2cnc2cc(Cl)nn32)cc1)C(F)(F)F. The Hall–Kier alpha value is -2.52. The average molecular weight is 458 g/mol. The van der Waals surface area contributed by atoms with Gasteiger partial charge in [-0.25, -0.2) is 9.50 Å². The van der Waals surface area contributed by atoms with Crippen molar-refractivity contribution < 1.29 is 18.0 Å². The van der Waals surface area contributed by atoms with Crippen LogP contribution in [-0.2, 0) is 6.42 Å². The highest BCUT2D eigenvalue weighted by Gasteiger charge is 2.45. The van der Waals surface area contributed by atoms with Gasteiger partial charge in [0.25, 0.3) is 0 Å². The van der Waals surface area contributed by atoms with Crippen molar-refractivity contribution in [2.45, 2.75) is 25.1 Å². The molecule has 0 N–H and O–H groups in total. The second kappa shape index (κ2) is 7.63. The minimum Gasteiger partial charge on any atom is -0.339 e. The Morgan fingerprint density at radius 1 is 1.27 bits per heavy atom. The second-order valence-corrected chi connectivity index (χ2v) is 7.69. The van der Waals surface area contributed by atoms with Crippen LogP contribution in [0.5, 0.6) is 0 Å². The van der Waals surface area contributed by atoms with E-state index in [1.54, 1.807) is 28.9 Å². The Bertz CT molecular complexity index is 1100. The number of benzene rings is 1. The summed E-state index contributed by atoms with van der Waals surface area (Å²) in [6.07, 6.45) is -1.33. The van der Waals surface area contributed by atoms with E-state index in [1.807, 2.05) is 4.90 Å². The van der Waals surface area contributed by atoms with Crippen LogP contribution >= 0.6 is 23.2 Å². The molecular formula is C19H16Cl2F3N5O. The van der Waals surface area contributed by atoms with Crippen LogP contribution in [-0.4, -0.2) is 44.6 Å². The molecule has 1 aliphatic rings. The van der Waals surface area contributed by atoms with Crippen LogP contribution < -0.4 is 4.90 Å². The summed E-state index contributed by atoms with van der Waals surface area (Å²) >= 11 is 11.3. The zero-order valence-corrected chi connectivity index (χ0v) is 17.2. The van der Waals surface area contributed by atoms with Crippen LogP contribution in [0, 0.1) is 0 Å². The summed E-state index contributed by atoms with van der Waals surface area (Å²) in [6.45, 7) is 0.678. The number of aryl methyl sites for hydroxylation is 1. The highest BCUT2D eigenvalue weighted by Crippen LogP contribution is 2.39. The minimum atomic E-state index is -4.66. The van der Waals surface area contributed by atoms with E-state index in [2.05, 4.69) is 10.1 Å². The number of rotatable bonds is 3. The number of aromatic nitrogens is 3. The zero-order valence-electron chi connectivity index (χ0n) is 15.7. The largest absolute Gasteiger partial charge is 0.413 e. The molecule has 11 heteroatoms. The van der Waals surface area contributed by atoms with Crippen molar-refractivity contribution in [1.82, 2.24) is 19.5 Å². The molecule has 0 aliphatic carbocycles. The maximum absolute atomic E-state index is 13.5. The molecule has 1 aliphatic heterocycles. The molecule has 30 heavy (non-hydrogen) atoms. The van der Waals surface area contributed by atoms with Crippen molar-refractivity contribution in [2.75, 3.05) is 18.5 Å². The monoisotopic (exact) mass is 457 g/mol. The van der Waals surface area contributed by atoms with Crippen molar-refractivity contribution >= 4 is 45.6 Å². The topological polar surface area (TPSA) is 53.7 Å². The summed E-state index contributed by atoms with van der Waals surface area (Å²) in [4.78, 5) is 18.1. The maximum atomic E-state index is 13.5. The third kappa shape index (κ3) is 3.67. The van der Waals surface area contributed by atoms with Gasteiger partial charge in [0.05, 0.1) is 17.6 Å². The number of halogens is 5. The van der Waals surface area contributed by atoms with Gasteiger partial charge < -0.3 is 9.80 Å². The number of nitrogens with zero attached hydrogens (tertiary/aromatic N) is 5. The molecule has 0 radical (unpaired) electrons. The molecule has 0 bridgehead atoms. The normalized spacial score (nSPS) is 15.2. The highest BCUT2D eigenvalue weighted by molar-refractivity contribution is 6.62. The molecule has 0 unspecified atom stereocenters. The lowest BCUT2D eigenvalue weighted by molar-refractivity contribution is -0.174. The van der Waals surface area contributed by atoms with E-state index < -0.39 is 17.6 Å². The summed E-state index contributed by atoms with van der Waals surface area (Å²) in [7, 11) is 1.02. The lowest BCUT2D eigenvalue weighted by atomic mass is 10.0. The lowest BCUT2D eigenvalue weighted by Crippen LogP contribution is -2.37. The number of carbonyl (C=O) groups is 1. The van der Waals surface area contributed by atoms with Gasteiger partial charge in [-0.05, 0) is 42.1 Å². The summed E-state index contributed by atoms with van der Waals surface area (Å²) in [6, 6.07) is 5.44. The number of hydrogen-bond acceptors (Lipinski definition) is 4. The van der Waals surface area contributed by atoms with E-state index in [-0.39, 0.29) is 5.56 Å². The zero-order chi connectivity index (χ0) is 21.6. The van der Waals surface area contributed by atoms with Gasteiger partial charge in [-0.3, -0.25) is 4.79 Å². The molecular weight excluding hydrogens is 442 g/mol. The summed E-state index contributed by atoms with van der Waals surface area (Å²) < 4.78 is 42.3. The quantitative estimate of drug-likeness (QED) is 0.392. The Kier molecular flexibility index (Phi) is 5.27. The van der Waals surface area contributed by atoms with E-state index in [0.717, 1.165) is 31.3 Å². The van der Waals surface area contributed by atoms with Crippen molar-refractivity contribution in [3.05, 3.63) is 52.9 Å². The molecule has 1 amide bonds. The summed E-state index contributed by atoms with van der Waals surface area (Å²) in [5.41, 5.74) is 3.02. The summed E-state index contributed by atoms with van der Waals surface area (Å²) in [5, 5.41) is 3.43. The molecule has 158 valence electrons. The molecule has 0 saturated heterocycles. The number of fused-ring (bicyclic) bond motifs is 3. The van der Waals surface area contributed by atoms with E-state index in [1.165, 1.54) is 12.1 Å². The van der Waals surface area contributed by atoms with E-state index in [9.17, 15) is 18.0 Å². The van der Waals surface area contributed by atoms with Crippen LogP contribution in [0.4, 0.5) is 29.3 Å². The molecule has 0 spiro atoms. The maximum Gasteiger partial charge on any atom is 0.413 e. The molecule has 3 aromatic rings. The fourth-order valence-corrected chi connectivity index (χ4v) is 4.04. The minimum absolute atomic E-state index is 0.0765. The first kappa shape index (κ1) is 20.7. The molecule has 4 rings (SSSR count). The molecule has 0 fully saturated rings. The predicted molar refractivity (Wildman–Crippen MR) is 108 cm³/mol. The lowest BCUT2D eigenvalue weighted by Gasteiger charge is -2.32. The predicted octanol–water partition coefficient (Wildman–Crippen LogP) is 5.36. The Morgan fingerprint density at radius 2 is 1.97 bits per heavy atom. The fraction of sp³-hybridized carbons (Fsp3) is 0.316. The van der Waals surface area contributed by atoms with Crippen LogP contribution in [0.25, 0.3) is 5.65 Å². The number of carbonyl (C=O) groups excluding carboxylic acids is 1. The first-order valence-corrected chi connectivity index (χ1v) is 9.82.